The van der Waals surface area contributed by atoms with Crippen LogP contribution in [0.25, 0.3) is 0 Å². The van der Waals surface area contributed by atoms with Crippen LogP contribution in [0.3, 0.4) is 0 Å². The minimum atomic E-state index is -0.502. The molecule has 0 amide bonds. The minimum Gasteiger partial charge on any atom is -0.367 e. The van der Waals surface area contributed by atoms with Crippen LogP contribution in [0, 0.1) is 11.4 Å². The van der Waals surface area contributed by atoms with Crippen molar-refractivity contribution in [3.8, 4) is 0 Å². The third-order valence-corrected chi connectivity index (χ3v) is 3.14. The Kier molecular flexibility index (Phi) is 4.23. The number of nitrogens with zero attached hydrogens (tertiary/aromatic N) is 3. The van der Waals surface area contributed by atoms with E-state index in [2.05, 4.69) is 9.88 Å². The van der Waals surface area contributed by atoms with E-state index < -0.39 is 11.4 Å². The van der Waals surface area contributed by atoms with Crippen molar-refractivity contribution in [3.63, 3.8) is 0 Å². The van der Waals surface area contributed by atoms with E-state index in [1.54, 1.807) is 11.1 Å². The van der Waals surface area contributed by atoms with Crippen molar-refractivity contribution in [1.29, 1.82) is 0 Å². The molecule has 2 rings (SSSR count). The van der Waals surface area contributed by atoms with Crippen LogP contribution in [-0.2, 0) is 9.63 Å². The number of aromatic nitrogens is 1. The molecule has 0 N–H and O–H groups in total. The van der Waals surface area contributed by atoms with Gasteiger partial charge in [-0.25, -0.2) is 9.78 Å². The summed E-state index contributed by atoms with van der Waals surface area (Å²) in [6, 6.07) is 3.06. The maximum Gasteiger partial charge on any atom is 0.330 e. The summed E-state index contributed by atoms with van der Waals surface area (Å²) in [5.41, 5.74) is 0.381. The topological polar surface area (TPSA) is 45.7 Å². The SMILES string of the molecule is CC(C)(C)C(=O)ON1CCN(c2ccc(F)nc2)CC1. The molecular weight excluding hydrogens is 261 g/mol. The summed E-state index contributed by atoms with van der Waals surface area (Å²) in [4.78, 5) is 22.9. The first-order valence-corrected chi connectivity index (χ1v) is 6.70. The molecule has 0 unspecified atom stereocenters. The molecule has 0 aromatic carbocycles. The molecule has 110 valence electrons. The first-order chi connectivity index (χ1) is 9.36. The van der Waals surface area contributed by atoms with Crippen molar-refractivity contribution >= 4 is 11.7 Å². The molecule has 1 aromatic rings. The second-order valence-corrected chi connectivity index (χ2v) is 5.88. The highest BCUT2D eigenvalue weighted by molar-refractivity contribution is 5.75. The van der Waals surface area contributed by atoms with Crippen LogP contribution in [0.15, 0.2) is 18.3 Å². The van der Waals surface area contributed by atoms with Gasteiger partial charge < -0.3 is 9.74 Å². The molecule has 5 nitrogen and oxygen atoms in total. The molecule has 1 aliphatic rings. The highest BCUT2D eigenvalue weighted by atomic mass is 19.1. The first kappa shape index (κ1) is 14.7. The Morgan fingerprint density at radius 3 is 2.40 bits per heavy atom. The standard InChI is InChI=1S/C14H20FN3O2/c1-14(2,3)13(19)20-18-8-6-17(7-9-18)11-4-5-12(15)16-10-11/h4-5,10H,6-9H2,1-3H3. The first-order valence-electron chi connectivity index (χ1n) is 6.70. The lowest BCUT2D eigenvalue weighted by atomic mass is 9.98. The minimum absolute atomic E-state index is 0.227. The largest absolute Gasteiger partial charge is 0.367 e. The molecule has 1 fully saturated rings. The van der Waals surface area contributed by atoms with Gasteiger partial charge in [-0.1, -0.05) is 0 Å². The molecule has 0 saturated carbocycles. The number of carbonyl (C=O) groups is 1. The van der Waals surface area contributed by atoms with E-state index in [0.29, 0.717) is 26.2 Å². The fourth-order valence-electron chi connectivity index (χ4n) is 1.85. The third-order valence-electron chi connectivity index (χ3n) is 3.14. The van der Waals surface area contributed by atoms with Gasteiger partial charge >= 0.3 is 5.97 Å². The normalized spacial score (nSPS) is 17.1. The van der Waals surface area contributed by atoms with Crippen LogP contribution >= 0.6 is 0 Å². The monoisotopic (exact) mass is 281 g/mol. The molecular formula is C14H20FN3O2. The maximum atomic E-state index is 12.8. The lowest BCUT2D eigenvalue weighted by Gasteiger charge is -2.35. The summed E-state index contributed by atoms with van der Waals surface area (Å²) in [6.45, 7) is 8.16. The van der Waals surface area contributed by atoms with Crippen LogP contribution in [0.2, 0.25) is 0 Å². The zero-order chi connectivity index (χ0) is 14.8. The van der Waals surface area contributed by atoms with E-state index in [4.69, 9.17) is 4.84 Å². The predicted molar refractivity (Wildman–Crippen MR) is 73.5 cm³/mol. The predicted octanol–water partition coefficient (Wildman–Crippen LogP) is 1.85. The molecule has 0 aliphatic carbocycles. The number of piperazine rings is 1. The maximum absolute atomic E-state index is 12.8. The van der Waals surface area contributed by atoms with Crippen LogP contribution in [0.1, 0.15) is 20.8 Å². The van der Waals surface area contributed by atoms with Crippen LogP contribution in [0.4, 0.5) is 10.1 Å². The molecule has 1 aromatic heterocycles. The number of hydroxylamine groups is 2. The molecule has 0 atom stereocenters. The van der Waals surface area contributed by atoms with Gasteiger partial charge in [-0.05, 0) is 32.9 Å². The van der Waals surface area contributed by atoms with E-state index >= 15 is 0 Å². The second kappa shape index (κ2) is 5.75. The van der Waals surface area contributed by atoms with Crippen molar-refractivity contribution in [2.24, 2.45) is 5.41 Å². The van der Waals surface area contributed by atoms with E-state index in [1.807, 2.05) is 20.8 Å². The summed E-state index contributed by atoms with van der Waals surface area (Å²) < 4.78 is 12.8. The zero-order valence-electron chi connectivity index (χ0n) is 12.1. The number of rotatable bonds is 2. The van der Waals surface area contributed by atoms with Crippen molar-refractivity contribution in [3.05, 3.63) is 24.3 Å². The lowest BCUT2D eigenvalue weighted by molar-refractivity contribution is -0.201. The van der Waals surface area contributed by atoms with Gasteiger partial charge in [0.2, 0.25) is 5.95 Å². The van der Waals surface area contributed by atoms with Gasteiger partial charge in [-0.2, -0.15) is 4.39 Å². The van der Waals surface area contributed by atoms with Crippen LogP contribution < -0.4 is 4.90 Å². The van der Waals surface area contributed by atoms with E-state index in [0.717, 1.165) is 5.69 Å². The second-order valence-electron chi connectivity index (χ2n) is 5.88. The molecule has 2 heterocycles. The molecule has 0 bridgehead atoms. The molecule has 1 aliphatic heterocycles. The van der Waals surface area contributed by atoms with Crippen LogP contribution in [-0.4, -0.2) is 42.2 Å². The van der Waals surface area contributed by atoms with Gasteiger partial charge in [0.15, 0.2) is 0 Å². The van der Waals surface area contributed by atoms with Gasteiger partial charge in [-0.15, -0.1) is 5.06 Å². The van der Waals surface area contributed by atoms with E-state index in [1.165, 1.54) is 12.3 Å². The number of halogens is 1. The Labute approximate surface area is 118 Å². The highest BCUT2D eigenvalue weighted by Crippen LogP contribution is 2.19. The number of carbonyl (C=O) groups excluding carboxylic acids is 1. The fourth-order valence-corrected chi connectivity index (χ4v) is 1.85. The van der Waals surface area contributed by atoms with Gasteiger partial charge in [-0.3, -0.25) is 0 Å². The van der Waals surface area contributed by atoms with Gasteiger partial charge in [0.25, 0.3) is 0 Å². The number of hydrogen-bond acceptors (Lipinski definition) is 5. The molecule has 20 heavy (non-hydrogen) atoms. The Morgan fingerprint density at radius 2 is 1.90 bits per heavy atom. The summed E-state index contributed by atoms with van der Waals surface area (Å²) in [7, 11) is 0. The smallest absolute Gasteiger partial charge is 0.330 e. The summed E-state index contributed by atoms with van der Waals surface area (Å²) >= 11 is 0. The van der Waals surface area contributed by atoms with E-state index in [9.17, 15) is 9.18 Å². The fraction of sp³-hybridized carbons (Fsp3) is 0.571. The number of anilines is 1. The Morgan fingerprint density at radius 1 is 1.25 bits per heavy atom. The summed E-state index contributed by atoms with van der Waals surface area (Å²) in [5.74, 6) is -0.708. The zero-order valence-corrected chi connectivity index (χ0v) is 12.1. The van der Waals surface area contributed by atoms with Crippen molar-refractivity contribution < 1.29 is 14.0 Å². The molecule has 0 radical (unpaired) electrons. The Bertz CT molecular complexity index is 462. The third kappa shape index (κ3) is 3.66. The number of hydrogen-bond donors (Lipinski definition) is 0. The quantitative estimate of drug-likeness (QED) is 0.774. The van der Waals surface area contributed by atoms with E-state index in [-0.39, 0.29) is 5.97 Å². The average molecular weight is 281 g/mol. The Hall–Kier alpha value is -1.69. The number of pyridine rings is 1. The van der Waals surface area contributed by atoms with Crippen molar-refractivity contribution in [1.82, 2.24) is 10.0 Å². The molecule has 0 spiro atoms. The van der Waals surface area contributed by atoms with Gasteiger partial charge in [0.1, 0.15) is 0 Å². The summed E-state index contributed by atoms with van der Waals surface area (Å²) in [6.07, 6.45) is 1.52. The molecule has 1 saturated heterocycles. The van der Waals surface area contributed by atoms with Gasteiger partial charge in [0.05, 0.1) is 30.4 Å². The molecule has 6 heteroatoms. The summed E-state index contributed by atoms with van der Waals surface area (Å²) in [5, 5.41) is 1.68. The lowest BCUT2D eigenvalue weighted by Crippen LogP contribution is -2.48. The van der Waals surface area contributed by atoms with Crippen molar-refractivity contribution in [2.75, 3.05) is 31.1 Å². The van der Waals surface area contributed by atoms with Crippen LogP contribution in [0.5, 0.6) is 0 Å². The highest BCUT2D eigenvalue weighted by Gasteiger charge is 2.27. The average Bonchev–Trinajstić information content (AvgIpc) is 2.39. The van der Waals surface area contributed by atoms with Gasteiger partial charge in [0, 0.05) is 13.1 Å². The Balaban J connectivity index is 1.86. The van der Waals surface area contributed by atoms with Crippen molar-refractivity contribution in [2.45, 2.75) is 20.8 Å².